The van der Waals surface area contributed by atoms with Gasteiger partial charge in [0.25, 0.3) is 0 Å². The number of hydrogen-bond acceptors (Lipinski definition) is 6. The van der Waals surface area contributed by atoms with Gasteiger partial charge in [0, 0.05) is 10.7 Å². The van der Waals surface area contributed by atoms with Crippen LogP contribution in [0.1, 0.15) is 0 Å². The van der Waals surface area contributed by atoms with Crippen LogP contribution in [-0.2, 0) is 0 Å². The Hall–Kier alpha value is -1.67. The van der Waals surface area contributed by atoms with Crippen molar-refractivity contribution in [1.29, 1.82) is 0 Å². The van der Waals surface area contributed by atoms with Crippen LogP contribution in [0.4, 0.5) is 5.95 Å². The Morgan fingerprint density at radius 3 is 2.89 bits per heavy atom. The molecule has 8 heteroatoms. The lowest BCUT2D eigenvalue weighted by Crippen LogP contribution is -1.97. The lowest BCUT2D eigenvalue weighted by Gasteiger charge is -2.02. The van der Waals surface area contributed by atoms with Gasteiger partial charge < -0.3 is 10.7 Å². The minimum Gasteiger partial charge on any atom is -0.368 e. The molecule has 0 atom stereocenters. The molecule has 3 rings (SSSR count). The average molecular weight is 323 g/mol. The van der Waals surface area contributed by atoms with Crippen molar-refractivity contribution >= 4 is 44.8 Å². The van der Waals surface area contributed by atoms with Crippen LogP contribution in [0.5, 0.6) is 0 Å². The zero-order valence-corrected chi connectivity index (χ0v) is 11.4. The molecule has 3 N–H and O–H groups in total. The van der Waals surface area contributed by atoms with Crippen molar-refractivity contribution in [3.63, 3.8) is 0 Å². The first-order chi connectivity index (χ1) is 8.72. The molecule has 6 nitrogen and oxygen atoms in total. The summed E-state index contributed by atoms with van der Waals surface area (Å²) in [5, 5.41) is 1.54. The van der Waals surface area contributed by atoms with E-state index in [4.69, 9.17) is 5.73 Å². The van der Waals surface area contributed by atoms with Gasteiger partial charge in [-0.05, 0) is 39.8 Å². The summed E-state index contributed by atoms with van der Waals surface area (Å²) in [4.78, 5) is 19.6. The number of nitrogens with two attached hydrogens (primary N) is 1. The molecular weight excluding hydrogens is 316 g/mol. The molecule has 0 aliphatic heterocycles. The molecule has 3 aromatic heterocycles. The second-order valence-electron chi connectivity index (χ2n) is 3.40. The van der Waals surface area contributed by atoms with Crippen LogP contribution in [0, 0.1) is 0 Å². The first kappa shape index (κ1) is 11.4. The fraction of sp³-hybridized carbons (Fsp3) is 0. The number of nitrogens with zero attached hydrogens (tertiary/aromatic N) is 4. The average Bonchev–Trinajstić information content (AvgIpc) is 2.80. The van der Waals surface area contributed by atoms with E-state index in [9.17, 15) is 0 Å². The third kappa shape index (κ3) is 2.16. The van der Waals surface area contributed by atoms with Gasteiger partial charge in [-0.1, -0.05) is 0 Å². The van der Waals surface area contributed by atoms with E-state index in [1.165, 1.54) is 11.8 Å². The fourth-order valence-electron chi connectivity index (χ4n) is 1.42. The van der Waals surface area contributed by atoms with Crippen LogP contribution in [0.2, 0.25) is 0 Å². The van der Waals surface area contributed by atoms with Crippen LogP contribution in [0.25, 0.3) is 11.2 Å². The summed E-state index contributed by atoms with van der Waals surface area (Å²) in [6.45, 7) is 0. The van der Waals surface area contributed by atoms with E-state index in [-0.39, 0.29) is 5.95 Å². The summed E-state index contributed by atoms with van der Waals surface area (Å²) >= 11 is 4.75. The molecule has 0 aromatic carbocycles. The van der Waals surface area contributed by atoms with Gasteiger partial charge in [-0.25, -0.2) is 15.0 Å². The summed E-state index contributed by atoms with van der Waals surface area (Å²) in [7, 11) is 0. The Bertz CT molecular complexity index is 695. The first-order valence-electron chi connectivity index (χ1n) is 4.98. The molecule has 0 unspecified atom stereocenters. The topological polar surface area (TPSA) is 93.4 Å². The summed E-state index contributed by atoms with van der Waals surface area (Å²) in [6, 6.07) is 3.82. The van der Waals surface area contributed by atoms with Crippen LogP contribution in [-0.4, -0.2) is 24.9 Å². The predicted molar refractivity (Wildman–Crippen MR) is 72.2 cm³/mol. The van der Waals surface area contributed by atoms with Crippen LogP contribution >= 0.6 is 27.7 Å². The molecule has 3 heterocycles. The highest BCUT2D eigenvalue weighted by atomic mass is 79.9. The number of anilines is 1. The van der Waals surface area contributed by atoms with E-state index in [1.807, 2.05) is 12.1 Å². The fourth-order valence-corrected chi connectivity index (χ4v) is 2.48. The first-order valence-corrected chi connectivity index (χ1v) is 6.59. The molecule has 3 aromatic rings. The van der Waals surface area contributed by atoms with Gasteiger partial charge in [0.2, 0.25) is 5.95 Å². The molecule has 0 bridgehead atoms. The normalized spacial score (nSPS) is 10.9. The Morgan fingerprint density at radius 1 is 1.22 bits per heavy atom. The van der Waals surface area contributed by atoms with E-state index in [0.717, 1.165) is 15.0 Å². The molecular formula is C10H7BrN6S. The molecule has 90 valence electrons. The van der Waals surface area contributed by atoms with E-state index in [2.05, 4.69) is 40.8 Å². The van der Waals surface area contributed by atoms with E-state index in [1.54, 1.807) is 12.5 Å². The molecule has 0 amide bonds. The lowest BCUT2D eigenvalue weighted by atomic mass is 10.5. The third-order valence-electron chi connectivity index (χ3n) is 2.17. The van der Waals surface area contributed by atoms with Crippen molar-refractivity contribution in [1.82, 2.24) is 24.9 Å². The maximum Gasteiger partial charge on any atom is 0.223 e. The molecule has 0 fully saturated rings. The number of aromatic amines is 1. The summed E-state index contributed by atoms with van der Waals surface area (Å²) in [6.07, 6.45) is 3.30. The molecule has 0 saturated heterocycles. The highest BCUT2D eigenvalue weighted by Gasteiger charge is 2.10. The highest BCUT2D eigenvalue weighted by molar-refractivity contribution is 9.10. The van der Waals surface area contributed by atoms with Crippen molar-refractivity contribution in [2.75, 3.05) is 5.73 Å². The zero-order chi connectivity index (χ0) is 12.5. The monoisotopic (exact) mass is 322 g/mol. The molecule has 18 heavy (non-hydrogen) atoms. The molecule has 0 saturated carbocycles. The number of imidazole rings is 1. The maximum absolute atomic E-state index is 5.64. The smallest absolute Gasteiger partial charge is 0.223 e. The van der Waals surface area contributed by atoms with Crippen molar-refractivity contribution < 1.29 is 0 Å². The maximum atomic E-state index is 5.64. The second kappa shape index (κ2) is 4.54. The largest absolute Gasteiger partial charge is 0.368 e. The minimum absolute atomic E-state index is 0.203. The van der Waals surface area contributed by atoms with Crippen LogP contribution in [0.15, 0.2) is 39.2 Å². The Balaban J connectivity index is 2.03. The minimum atomic E-state index is 0.203. The number of nitrogen functional groups attached to an aromatic ring is 1. The SMILES string of the molecule is Nc1nc(Sc2ccc(Br)cn2)c2[nH]cnc2n1. The van der Waals surface area contributed by atoms with Gasteiger partial charge in [-0.2, -0.15) is 4.98 Å². The van der Waals surface area contributed by atoms with Crippen molar-refractivity contribution in [2.24, 2.45) is 0 Å². The van der Waals surface area contributed by atoms with Gasteiger partial charge in [0.15, 0.2) is 5.65 Å². The van der Waals surface area contributed by atoms with E-state index >= 15 is 0 Å². The van der Waals surface area contributed by atoms with E-state index < -0.39 is 0 Å². The lowest BCUT2D eigenvalue weighted by molar-refractivity contribution is 1.08. The highest BCUT2D eigenvalue weighted by Crippen LogP contribution is 2.29. The van der Waals surface area contributed by atoms with Crippen molar-refractivity contribution in [2.45, 2.75) is 10.1 Å². The number of pyridine rings is 1. The van der Waals surface area contributed by atoms with E-state index in [0.29, 0.717) is 10.7 Å². The number of nitrogens with one attached hydrogen (secondary N) is 1. The Morgan fingerprint density at radius 2 is 2.11 bits per heavy atom. The number of halogens is 1. The van der Waals surface area contributed by atoms with Crippen LogP contribution in [0.3, 0.4) is 0 Å². The number of fused-ring (bicyclic) bond motifs is 1. The second-order valence-corrected chi connectivity index (χ2v) is 5.33. The zero-order valence-electron chi connectivity index (χ0n) is 8.96. The Kier molecular flexibility index (Phi) is 2.88. The number of aromatic nitrogens is 5. The summed E-state index contributed by atoms with van der Waals surface area (Å²) < 4.78 is 0.931. The van der Waals surface area contributed by atoms with Crippen LogP contribution < -0.4 is 5.73 Å². The standard InChI is InChI=1S/C10H7BrN6S/c11-5-1-2-6(13-3-5)18-9-7-8(15-4-14-7)16-10(12)17-9/h1-4H,(H3,12,14,15,16,17). The van der Waals surface area contributed by atoms with Gasteiger partial charge >= 0.3 is 0 Å². The third-order valence-corrected chi connectivity index (χ3v) is 3.58. The molecule has 0 aliphatic rings. The van der Waals surface area contributed by atoms with Gasteiger partial charge in [0.05, 0.1) is 6.33 Å². The van der Waals surface area contributed by atoms with Gasteiger partial charge in [0.1, 0.15) is 15.6 Å². The van der Waals surface area contributed by atoms with Gasteiger partial charge in [-0.3, -0.25) is 0 Å². The number of H-pyrrole nitrogens is 1. The number of hydrogen-bond donors (Lipinski definition) is 2. The predicted octanol–water partition coefficient (Wildman–Crippen LogP) is 2.24. The molecule has 0 aliphatic carbocycles. The molecule has 0 spiro atoms. The summed E-state index contributed by atoms with van der Waals surface area (Å²) in [5.41, 5.74) is 6.96. The van der Waals surface area contributed by atoms with Crippen molar-refractivity contribution in [3.8, 4) is 0 Å². The number of rotatable bonds is 2. The van der Waals surface area contributed by atoms with Gasteiger partial charge in [-0.15, -0.1) is 0 Å². The Labute approximate surface area is 115 Å². The quantitative estimate of drug-likeness (QED) is 0.703. The summed E-state index contributed by atoms with van der Waals surface area (Å²) in [5.74, 6) is 0.203. The van der Waals surface area contributed by atoms with Crippen molar-refractivity contribution in [3.05, 3.63) is 29.1 Å². The molecule has 0 radical (unpaired) electrons.